The fourth-order valence-corrected chi connectivity index (χ4v) is 2.65. The predicted octanol–water partition coefficient (Wildman–Crippen LogP) is 2.20. The predicted molar refractivity (Wildman–Crippen MR) is 75.3 cm³/mol. The Labute approximate surface area is 111 Å². The summed E-state index contributed by atoms with van der Waals surface area (Å²) in [4.78, 5) is 3.23. The number of ether oxygens (including phenoxy) is 2. The molecule has 2 heterocycles. The van der Waals surface area contributed by atoms with Crippen LogP contribution in [-0.2, 0) is 0 Å². The molecule has 5 nitrogen and oxygen atoms in total. The third-order valence-corrected chi connectivity index (χ3v) is 3.53. The fourth-order valence-electron chi connectivity index (χ4n) is 2.65. The average molecular weight is 259 g/mol. The number of hydrogen-bond donors (Lipinski definition) is 1. The van der Waals surface area contributed by atoms with E-state index in [4.69, 9.17) is 9.47 Å². The summed E-state index contributed by atoms with van der Waals surface area (Å²) in [5.74, 6) is 1.88. The van der Waals surface area contributed by atoms with Crippen molar-refractivity contribution in [2.45, 2.75) is 5.92 Å². The number of H-pyrrole nitrogens is 1. The molecular weight excluding hydrogens is 242 g/mol. The Morgan fingerprint density at radius 2 is 2.11 bits per heavy atom. The van der Waals surface area contributed by atoms with Gasteiger partial charge in [0.25, 0.3) is 0 Å². The van der Waals surface area contributed by atoms with E-state index in [9.17, 15) is 0 Å². The Kier molecular flexibility index (Phi) is 2.81. The molecule has 1 aliphatic heterocycles. The maximum atomic E-state index is 5.54. The van der Waals surface area contributed by atoms with E-state index in [1.807, 2.05) is 30.5 Å². The number of benzene rings is 1. The molecule has 2 aromatic rings. The van der Waals surface area contributed by atoms with Gasteiger partial charge in [-0.1, -0.05) is 0 Å². The highest BCUT2D eigenvalue weighted by Gasteiger charge is 2.24. The largest absolute Gasteiger partial charge is 0.496 e. The number of likely N-dealkylation sites (N-methyl/N-ethyl adjacent to an activating group) is 1. The van der Waals surface area contributed by atoms with Crippen LogP contribution in [0.1, 0.15) is 11.5 Å². The summed E-state index contributed by atoms with van der Waals surface area (Å²) >= 11 is 0. The number of hydrazone groups is 1. The monoisotopic (exact) mass is 259 g/mol. The zero-order chi connectivity index (χ0) is 13.4. The van der Waals surface area contributed by atoms with E-state index >= 15 is 0 Å². The van der Waals surface area contributed by atoms with Gasteiger partial charge in [-0.2, -0.15) is 5.10 Å². The SMILES string of the molecule is COc1cc(OC)c2[nH]ccc2c1C1C=NN(C)C1. The number of aromatic nitrogens is 1. The molecule has 1 N–H and O–H groups in total. The Morgan fingerprint density at radius 1 is 1.32 bits per heavy atom. The topological polar surface area (TPSA) is 49.9 Å². The summed E-state index contributed by atoms with van der Waals surface area (Å²) in [7, 11) is 5.33. The summed E-state index contributed by atoms with van der Waals surface area (Å²) in [6.07, 6.45) is 3.89. The zero-order valence-electron chi connectivity index (χ0n) is 11.3. The van der Waals surface area contributed by atoms with Crippen molar-refractivity contribution in [3.8, 4) is 11.5 Å². The molecule has 0 saturated carbocycles. The standard InChI is InChI=1S/C14H17N3O2/c1-17-8-9(7-16-17)13-10-4-5-15-14(10)12(19-3)6-11(13)18-2/h4-7,9,15H,8H2,1-3H3. The minimum Gasteiger partial charge on any atom is -0.496 e. The van der Waals surface area contributed by atoms with E-state index in [0.29, 0.717) is 0 Å². The van der Waals surface area contributed by atoms with E-state index in [0.717, 1.165) is 34.5 Å². The van der Waals surface area contributed by atoms with Crippen LogP contribution in [0, 0.1) is 0 Å². The molecule has 1 atom stereocenters. The van der Waals surface area contributed by atoms with Crippen molar-refractivity contribution >= 4 is 17.1 Å². The normalized spacial score (nSPS) is 18.3. The number of methoxy groups -OCH3 is 2. The lowest BCUT2D eigenvalue weighted by molar-refractivity contribution is 0.372. The summed E-state index contributed by atoms with van der Waals surface area (Å²) in [6, 6.07) is 3.99. The lowest BCUT2D eigenvalue weighted by atomic mass is 9.95. The van der Waals surface area contributed by atoms with Gasteiger partial charge < -0.3 is 14.5 Å². The molecular formula is C14H17N3O2. The van der Waals surface area contributed by atoms with E-state index in [-0.39, 0.29) is 5.92 Å². The van der Waals surface area contributed by atoms with Gasteiger partial charge in [0.15, 0.2) is 0 Å². The van der Waals surface area contributed by atoms with Gasteiger partial charge in [-0.25, -0.2) is 0 Å². The number of nitrogens with one attached hydrogen (secondary N) is 1. The van der Waals surface area contributed by atoms with Gasteiger partial charge in [-0.3, -0.25) is 5.01 Å². The summed E-state index contributed by atoms with van der Waals surface area (Å²) in [5.41, 5.74) is 2.16. The first-order valence-corrected chi connectivity index (χ1v) is 6.21. The number of rotatable bonds is 3. The second kappa shape index (κ2) is 4.50. The van der Waals surface area contributed by atoms with Crippen molar-refractivity contribution in [1.82, 2.24) is 9.99 Å². The molecule has 1 aliphatic rings. The molecule has 0 radical (unpaired) electrons. The van der Waals surface area contributed by atoms with Crippen LogP contribution in [0.3, 0.4) is 0 Å². The maximum Gasteiger partial charge on any atom is 0.146 e. The minimum absolute atomic E-state index is 0.240. The van der Waals surface area contributed by atoms with Gasteiger partial charge in [0.05, 0.1) is 19.7 Å². The van der Waals surface area contributed by atoms with Crippen molar-refractivity contribution in [3.63, 3.8) is 0 Å². The van der Waals surface area contributed by atoms with E-state index in [2.05, 4.69) is 16.2 Å². The van der Waals surface area contributed by atoms with Gasteiger partial charge in [-0.15, -0.1) is 0 Å². The molecule has 1 aromatic heterocycles. The van der Waals surface area contributed by atoms with Gasteiger partial charge >= 0.3 is 0 Å². The molecule has 5 heteroatoms. The molecule has 0 fully saturated rings. The molecule has 0 amide bonds. The molecule has 1 aromatic carbocycles. The van der Waals surface area contributed by atoms with Crippen LogP contribution in [0.5, 0.6) is 11.5 Å². The van der Waals surface area contributed by atoms with Gasteiger partial charge in [0.2, 0.25) is 0 Å². The molecule has 3 rings (SSSR count). The van der Waals surface area contributed by atoms with Crippen molar-refractivity contribution in [2.24, 2.45) is 5.10 Å². The Balaban J connectivity index is 2.22. The van der Waals surface area contributed by atoms with Crippen LogP contribution in [0.2, 0.25) is 0 Å². The van der Waals surface area contributed by atoms with Crippen molar-refractivity contribution in [3.05, 3.63) is 23.9 Å². The van der Waals surface area contributed by atoms with Crippen LogP contribution in [0.15, 0.2) is 23.4 Å². The fraction of sp³-hybridized carbons (Fsp3) is 0.357. The Bertz CT molecular complexity index is 633. The molecule has 19 heavy (non-hydrogen) atoms. The number of hydrogen-bond acceptors (Lipinski definition) is 4. The van der Waals surface area contributed by atoms with Crippen molar-refractivity contribution < 1.29 is 9.47 Å². The molecule has 0 aliphatic carbocycles. The van der Waals surface area contributed by atoms with E-state index in [1.54, 1.807) is 14.2 Å². The third-order valence-electron chi connectivity index (χ3n) is 3.53. The molecule has 0 bridgehead atoms. The van der Waals surface area contributed by atoms with Gasteiger partial charge in [0, 0.05) is 48.9 Å². The lowest BCUT2D eigenvalue weighted by Crippen LogP contribution is -2.13. The molecule has 1 unspecified atom stereocenters. The minimum atomic E-state index is 0.240. The highest BCUT2D eigenvalue weighted by Crippen LogP contribution is 2.39. The summed E-state index contributed by atoms with van der Waals surface area (Å²) in [5, 5.41) is 7.38. The van der Waals surface area contributed by atoms with E-state index < -0.39 is 0 Å². The number of fused-ring (bicyclic) bond motifs is 1. The lowest BCUT2D eigenvalue weighted by Gasteiger charge is -2.17. The first-order valence-electron chi connectivity index (χ1n) is 6.21. The zero-order valence-corrected chi connectivity index (χ0v) is 11.3. The second-order valence-corrected chi connectivity index (χ2v) is 4.67. The van der Waals surface area contributed by atoms with Crippen LogP contribution in [0.25, 0.3) is 10.9 Å². The van der Waals surface area contributed by atoms with E-state index in [1.165, 1.54) is 0 Å². The molecule has 0 spiro atoms. The Hall–Kier alpha value is -2.17. The smallest absolute Gasteiger partial charge is 0.146 e. The van der Waals surface area contributed by atoms with Crippen LogP contribution >= 0.6 is 0 Å². The van der Waals surface area contributed by atoms with Crippen LogP contribution in [-0.4, -0.2) is 44.0 Å². The van der Waals surface area contributed by atoms with Crippen molar-refractivity contribution in [1.29, 1.82) is 0 Å². The van der Waals surface area contributed by atoms with Crippen molar-refractivity contribution in [2.75, 3.05) is 27.8 Å². The Morgan fingerprint density at radius 3 is 2.74 bits per heavy atom. The highest BCUT2D eigenvalue weighted by molar-refractivity contribution is 5.94. The molecule has 100 valence electrons. The number of nitrogens with zero attached hydrogens (tertiary/aromatic N) is 2. The number of aromatic amines is 1. The first kappa shape index (κ1) is 11.9. The first-order chi connectivity index (χ1) is 9.24. The van der Waals surface area contributed by atoms with Crippen LogP contribution in [0.4, 0.5) is 0 Å². The highest BCUT2D eigenvalue weighted by atomic mass is 16.5. The average Bonchev–Trinajstić information content (AvgIpc) is 3.05. The quantitative estimate of drug-likeness (QED) is 0.919. The summed E-state index contributed by atoms with van der Waals surface area (Å²) in [6.45, 7) is 0.864. The summed E-state index contributed by atoms with van der Waals surface area (Å²) < 4.78 is 11.0. The van der Waals surface area contributed by atoms with Crippen LogP contribution < -0.4 is 9.47 Å². The third kappa shape index (κ3) is 1.82. The van der Waals surface area contributed by atoms with Gasteiger partial charge in [0.1, 0.15) is 11.5 Å². The maximum absolute atomic E-state index is 5.54. The second-order valence-electron chi connectivity index (χ2n) is 4.67. The van der Waals surface area contributed by atoms with Gasteiger partial charge in [-0.05, 0) is 6.07 Å². The molecule has 0 saturated heterocycles.